The second-order valence-electron chi connectivity index (χ2n) is 6.60. The molecule has 0 bridgehead atoms. The molecule has 4 atom stereocenters. The molecule has 0 aromatic carbocycles. The van der Waals surface area contributed by atoms with Crippen molar-refractivity contribution in [3.05, 3.63) is 12.2 Å². The van der Waals surface area contributed by atoms with E-state index >= 15 is 0 Å². The summed E-state index contributed by atoms with van der Waals surface area (Å²) >= 11 is 0. The zero-order valence-corrected chi connectivity index (χ0v) is 16.4. The van der Waals surface area contributed by atoms with E-state index in [2.05, 4.69) is 0 Å². The Morgan fingerprint density at radius 1 is 1.13 bits per heavy atom. The maximum atomic E-state index is 12.0. The Balaban J connectivity index is 4.39. The van der Waals surface area contributed by atoms with E-state index in [1.165, 1.54) is 0 Å². The lowest BCUT2D eigenvalue weighted by molar-refractivity contribution is -0.0749. The molecule has 6 nitrogen and oxygen atoms in total. The predicted octanol–water partition coefficient (Wildman–Crippen LogP) is 2.37. The quantitative estimate of drug-likeness (QED) is 0.456. The highest BCUT2D eigenvalue weighted by molar-refractivity contribution is 6.26. The van der Waals surface area contributed by atoms with Crippen LogP contribution in [0.25, 0.3) is 0 Å². The van der Waals surface area contributed by atoms with Gasteiger partial charge in [-0.25, -0.2) is 0 Å². The molecule has 0 aromatic rings. The summed E-state index contributed by atoms with van der Waals surface area (Å²) in [5.74, 6) is 0. The highest BCUT2D eigenvalue weighted by atomic mass is 28.3. The van der Waals surface area contributed by atoms with Crippen molar-refractivity contribution >= 4 is 9.17 Å². The molecule has 0 fully saturated rings. The van der Waals surface area contributed by atoms with Crippen LogP contribution in [0.3, 0.4) is 0 Å². The van der Waals surface area contributed by atoms with Crippen molar-refractivity contribution in [2.45, 2.75) is 78.5 Å². The smallest absolute Gasteiger partial charge is 0.492 e. The minimum absolute atomic E-state index is 0.152. The van der Waals surface area contributed by atoms with Gasteiger partial charge in [0.15, 0.2) is 0 Å². The zero-order chi connectivity index (χ0) is 18.0. The van der Waals surface area contributed by atoms with Gasteiger partial charge in [0.25, 0.3) is 0 Å². The molecule has 0 saturated carbocycles. The fraction of sp³-hybridized carbons (Fsp3) is 0.875. The predicted molar refractivity (Wildman–Crippen MR) is 89.5 cm³/mol. The Hall–Kier alpha value is -0.763. The van der Waals surface area contributed by atoms with Gasteiger partial charge in [0.1, 0.15) is 6.10 Å². The van der Waals surface area contributed by atoms with Crippen LogP contribution in [0.4, 0.5) is 0 Å². The van der Waals surface area contributed by atoms with Crippen LogP contribution in [0.15, 0.2) is 12.2 Å². The van der Waals surface area contributed by atoms with Crippen molar-refractivity contribution in [2.75, 3.05) is 13.2 Å². The molecule has 1 N–H and O–H groups in total. The van der Waals surface area contributed by atoms with Gasteiger partial charge >= 0.3 is 9.17 Å². The van der Waals surface area contributed by atoms with E-state index in [0.29, 0.717) is 6.61 Å². The lowest BCUT2D eigenvalue weighted by Gasteiger charge is -2.26. The molecule has 7 heteroatoms. The van der Waals surface area contributed by atoms with E-state index < -0.39 is 27.0 Å². The Bertz CT molecular complexity index is 364. The monoisotopic (exact) mass is 348 g/mol. The lowest BCUT2D eigenvalue weighted by Crippen LogP contribution is -2.36. The summed E-state index contributed by atoms with van der Waals surface area (Å²) < 4.78 is 33.9. The molecule has 23 heavy (non-hydrogen) atoms. The summed E-state index contributed by atoms with van der Waals surface area (Å²) in [6.45, 7) is 13.3. The third-order valence-corrected chi connectivity index (χ3v) is 3.93. The number of allylic oxidation sites excluding steroid dienone is 1. The van der Waals surface area contributed by atoms with E-state index in [9.17, 15) is 9.57 Å². The number of rotatable bonds is 11. The second-order valence-corrected chi connectivity index (χ2v) is 7.54. The molecule has 0 amide bonds. The van der Waals surface area contributed by atoms with Crippen molar-refractivity contribution in [2.24, 2.45) is 0 Å². The van der Waals surface area contributed by atoms with Crippen LogP contribution >= 0.6 is 0 Å². The van der Waals surface area contributed by atoms with Crippen LogP contribution in [0, 0.1) is 0 Å². The third-order valence-electron chi connectivity index (χ3n) is 2.68. The summed E-state index contributed by atoms with van der Waals surface area (Å²) in [6, 6.07) is 0. The molecular weight excluding hydrogens is 316 g/mol. The maximum absolute atomic E-state index is 12.0. The van der Waals surface area contributed by atoms with Crippen molar-refractivity contribution in [3.63, 3.8) is 0 Å². The summed E-state index contributed by atoms with van der Waals surface area (Å²) in [7, 11) is -2.62. The molecule has 136 valence electrons. The normalized spacial score (nSPS) is 17.6. The largest absolute Gasteiger partial charge is 0.768 e. The molecule has 0 aromatic heterocycles. The van der Waals surface area contributed by atoms with Gasteiger partial charge in [-0.05, 0) is 54.5 Å². The Morgan fingerprint density at radius 2 is 1.74 bits per heavy atom. The van der Waals surface area contributed by atoms with Crippen LogP contribution in [0.2, 0.25) is 0 Å². The zero-order valence-electron chi connectivity index (χ0n) is 15.4. The molecule has 0 aliphatic rings. The van der Waals surface area contributed by atoms with Gasteiger partial charge in [0, 0.05) is 0 Å². The van der Waals surface area contributed by atoms with Crippen LogP contribution < -0.4 is 0 Å². The first-order chi connectivity index (χ1) is 10.5. The number of hydrogen-bond acceptors (Lipinski definition) is 6. The molecule has 4 unspecified atom stereocenters. The summed E-state index contributed by atoms with van der Waals surface area (Å²) in [5.41, 5.74) is -0.524. The van der Waals surface area contributed by atoms with Gasteiger partial charge in [-0.15, -0.1) is 0 Å². The first kappa shape index (κ1) is 22.2. The van der Waals surface area contributed by atoms with Crippen LogP contribution in [0.5, 0.6) is 0 Å². The fourth-order valence-electron chi connectivity index (χ4n) is 1.60. The van der Waals surface area contributed by atoms with Crippen molar-refractivity contribution < 1.29 is 27.9 Å². The minimum Gasteiger partial charge on any atom is -0.492 e. The summed E-state index contributed by atoms with van der Waals surface area (Å²) in [6.07, 6.45) is 2.19. The van der Waals surface area contributed by atoms with Gasteiger partial charge in [-0.3, -0.25) is 4.46 Å². The summed E-state index contributed by atoms with van der Waals surface area (Å²) in [4.78, 5) is 0. The first-order valence-electron chi connectivity index (χ1n) is 7.99. The van der Waals surface area contributed by atoms with E-state index in [1.54, 1.807) is 13.0 Å². The maximum Gasteiger partial charge on any atom is 0.768 e. The van der Waals surface area contributed by atoms with E-state index in [-0.39, 0.29) is 18.8 Å². The average molecular weight is 349 g/mol. The van der Waals surface area contributed by atoms with E-state index in [1.807, 2.05) is 47.6 Å². The van der Waals surface area contributed by atoms with Gasteiger partial charge in [0.2, 0.25) is 0 Å². The molecule has 0 saturated heterocycles. The number of hydrogen-bond donors (Lipinski definition) is 1. The highest BCUT2D eigenvalue weighted by Gasteiger charge is 2.27. The number of aliphatic hydroxyl groups excluding tert-OH is 1. The topological polar surface area (TPSA) is 74.2 Å². The third kappa shape index (κ3) is 12.3. The Kier molecular flexibility index (Phi) is 10.5. The van der Waals surface area contributed by atoms with Crippen LogP contribution in [-0.4, -0.2) is 57.5 Å². The molecular formula is C16H32O6Si. The number of ether oxygens (including phenoxy) is 2. The van der Waals surface area contributed by atoms with Gasteiger partial charge in [-0.2, -0.15) is 0 Å². The standard InChI is InChI=1S/C16H32O6Si/c1-8-9-15(21-23(18)22-16(5,6)7)14(4)20-11-13(3)19-10-12(2)17/h8-9,12-15,17H,10-11H2,1-7H3. The number of aliphatic hydroxyl groups is 1. The molecule has 0 radical (unpaired) electrons. The van der Waals surface area contributed by atoms with Gasteiger partial charge in [-0.1, -0.05) is 6.08 Å². The molecule has 0 aliphatic heterocycles. The molecule has 0 spiro atoms. The Labute approximate surface area is 141 Å². The SMILES string of the molecule is CC=CC(O[Si](=O)OC(C)(C)C)C(C)OCC(C)OCC(C)O. The lowest BCUT2D eigenvalue weighted by atomic mass is 10.2. The van der Waals surface area contributed by atoms with Crippen LogP contribution in [-0.2, 0) is 22.8 Å². The van der Waals surface area contributed by atoms with Crippen LogP contribution in [0.1, 0.15) is 48.5 Å². The fourth-order valence-corrected chi connectivity index (χ4v) is 2.64. The van der Waals surface area contributed by atoms with Crippen molar-refractivity contribution in [3.8, 4) is 0 Å². The molecule has 0 rings (SSSR count). The van der Waals surface area contributed by atoms with Gasteiger partial charge in [0.05, 0.1) is 37.1 Å². The molecule has 0 aliphatic carbocycles. The average Bonchev–Trinajstić information content (AvgIpc) is 2.39. The molecule has 0 heterocycles. The van der Waals surface area contributed by atoms with E-state index in [0.717, 1.165) is 0 Å². The minimum atomic E-state index is -2.62. The van der Waals surface area contributed by atoms with Gasteiger partial charge < -0.3 is 23.4 Å². The summed E-state index contributed by atoms with van der Waals surface area (Å²) in [5, 5.41) is 9.19. The van der Waals surface area contributed by atoms with Crippen molar-refractivity contribution in [1.29, 1.82) is 0 Å². The highest BCUT2D eigenvalue weighted by Crippen LogP contribution is 2.11. The second kappa shape index (κ2) is 10.9. The first-order valence-corrected chi connectivity index (χ1v) is 9.21. The Morgan fingerprint density at radius 3 is 2.22 bits per heavy atom. The van der Waals surface area contributed by atoms with Crippen molar-refractivity contribution in [1.82, 2.24) is 0 Å². The van der Waals surface area contributed by atoms with E-state index in [4.69, 9.17) is 18.3 Å².